The highest BCUT2D eigenvalue weighted by Crippen LogP contribution is 2.10. The maximum absolute atomic E-state index is 4.96. The monoisotopic (exact) mass is 138 g/mol. The molecule has 0 unspecified atom stereocenters. The van der Waals surface area contributed by atoms with E-state index in [1.807, 2.05) is 6.07 Å². The lowest BCUT2D eigenvalue weighted by Crippen LogP contribution is -2.42. The summed E-state index contributed by atoms with van der Waals surface area (Å²) in [4.78, 5) is 0. The molecule has 3 nitrogen and oxygen atoms in total. The van der Waals surface area contributed by atoms with Crippen molar-refractivity contribution in [2.24, 2.45) is 5.92 Å². The Bertz CT molecular complexity index is 191. The van der Waals surface area contributed by atoms with Crippen molar-refractivity contribution in [2.75, 3.05) is 13.1 Å². The van der Waals surface area contributed by atoms with E-state index in [4.69, 9.17) is 4.52 Å². The second-order valence-electron chi connectivity index (χ2n) is 2.71. The third-order valence-electron chi connectivity index (χ3n) is 1.85. The fourth-order valence-electron chi connectivity index (χ4n) is 1.12. The minimum absolute atomic E-state index is 0.771. The van der Waals surface area contributed by atoms with E-state index in [1.54, 1.807) is 6.20 Å². The zero-order valence-electron chi connectivity index (χ0n) is 5.71. The minimum Gasteiger partial charge on any atom is -0.361 e. The van der Waals surface area contributed by atoms with Crippen molar-refractivity contribution in [3.8, 4) is 0 Å². The summed E-state index contributed by atoms with van der Waals surface area (Å²) in [5.41, 5.74) is 0. The molecule has 0 spiro atoms. The Morgan fingerprint density at radius 2 is 2.60 bits per heavy atom. The highest BCUT2D eigenvalue weighted by Gasteiger charge is 2.18. The van der Waals surface area contributed by atoms with Crippen LogP contribution in [0.3, 0.4) is 0 Å². The zero-order valence-corrected chi connectivity index (χ0v) is 5.71. The molecule has 2 rings (SSSR count). The van der Waals surface area contributed by atoms with E-state index in [2.05, 4.69) is 10.5 Å². The first kappa shape index (κ1) is 5.92. The quantitative estimate of drug-likeness (QED) is 0.644. The second kappa shape index (κ2) is 2.42. The van der Waals surface area contributed by atoms with Gasteiger partial charge in [0.25, 0.3) is 0 Å². The Hall–Kier alpha value is -0.830. The fourth-order valence-corrected chi connectivity index (χ4v) is 1.12. The van der Waals surface area contributed by atoms with Crippen molar-refractivity contribution in [3.63, 3.8) is 0 Å². The lowest BCUT2D eigenvalue weighted by atomic mass is 9.98. The molecule has 1 aromatic rings. The van der Waals surface area contributed by atoms with Gasteiger partial charge in [0.05, 0.1) is 6.20 Å². The largest absolute Gasteiger partial charge is 0.361 e. The molecule has 0 aliphatic carbocycles. The third-order valence-corrected chi connectivity index (χ3v) is 1.85. The summed E-state index contributed by atoms with van der Waals surface area (Å²) < 4.78 is 4.96. The van der Waals surface area contributed by atoms with Crippen LogP contribution in [-0.4, -0.2) is 18.2 Å². The van der Waals surface area contributed by atoms with Crippen molar-refractivity contribution in [3.05, 3.63) is 18.0 Å². The van der Waals surface area contributed by atoms with Crippen LogP contribution in [0.2, 0.25) is 0 Å². The maximum atomic E-state index is 4.96. The molecule has 0 aromatic carbocycles. The van der Waals surface area contributed by atoms with E-state index in [0.29, 0.717) is 0 Å². The SMILES string of the molecule is c1cc(CC2CNC2)on1. The summed E-state index contributed by atoms with van der Waals surface area (Å²) >= 11 is 0. The number of hydrogen-bond donors (Lipinski definition) is 1. The van der Waals surface area contributed by atoms with Crippen LogP contribution >= 0.6 is 0 Å². The Morgan fingerprint density at radius 1 is 1.70 bits per heavy atom. The molecule has 0 saturated carbocycles. The summed E-state index contributed by atoms with van der Waals surface area (Å²) in [7, 11) is 0. The number of nitrogens with one attached hydrogen (secondary N) is 1. The van der Waals surface area contributed by atoms with Gasteiger partial charge in [-0.25, -0.2) is 0 Å². The molecule has 2 heterocycles. The molecule has 1 N–H and O–H groups in total. The van der Waals surface area contributed by atoms with Gasteiger partial charge in [0.2, 0.25) is 0 Å². The molecule has 1 aromatic heterocycles. The van der Waals surface area contributed by atoms with E-state index in [1.165, 1.54) is 0 Å². The van der Waals surface area contributed by atoms with Crippen LogP contribution in [0.25, 0.3) is 0 Å². The van der Waals surface area contributed by atoms with Gasteiger partial charge >= 0.3 is 0 Å². The van der Waals surface area contributed by atoms with Crippen LogP contribution < -0.4 is 5.32 Å². The molecule has 3 heteroatoms. The number of rotatable bonds is 2. The molecule has 0 atom stereocenters. The van der Waals surface area contributed by atoms with E-state index < -0.39 is 0 Å². The van der Waals surface area contributed by atoms with Crippen LogP contribution in [-0.2, 0) is 6.42 Å². The van der Waals surface area contributed by atoms with Crippen molar-refractivity contribution < 1.29 is 4.52 Å². The van der Waals surface area contributed by atoms with Gasteiger partial charge < -0.3 is 9.84 Å². The summed E-state index contributed by atoms with van der Waals surface area (Å²) in [5.74, 6) is 1.78. The smallest absolute Gasteiger partial charge is 0.137 e. The topological polar surface area (TPSA) is 38.1 Å². The number of aromatic nitrogens is 1. The Labute approximate surface area is 59.4 Å². The molecular weight excluding hydrogens is 128 g/mol. The average Bonchev–Trinajstić information content (AvgIpc) is 2.29. The fraction of sp³-hybridized carbons (Fsp3) is 0.571. The minimum atomic E-state index is 0.771. The summed E-state index contributed by atoms with van der Waals surface area (Å²) in [6, 6.07) is 1.93. The predicted molar refractivity (Wildman–Crippen MR) is 36.6 cm³/mol. The molecular formula is C7H10N2O. The molecule has 1 saturated heterocycles. The van der Waals surface area contributed by atoms with Crippen LogP contribution in [0.4, 0.5) is 0 Å². The van der Waals surface area contributed by atoms with E-state index in [0.717, 1.165) is 31.2 Å². The molecule has 0 bridgehead atoms. The number of hydrogen-bond acceptors (Lipinski definition) is 3. The van der Waals surface area contributed by atoms with Crippen molar-refractivity contribution in [1.82, 2.24) is 10.5 Å². The molecule has 10 heavy (non-hydrogen) atoms. The first-order chi connectivity index (χ1) is 4.95. The average molecular weight is 138 g/mol. The van der Waals surface area contributed by atoms with Crippen LogP contribution in [0, 0.1) is 5.92 Å². The molecule has 0 amide bonds. The van der Waals surface area contributed by atoms with Crippen LogP contribution in [0.1, 0.15) is 5.76 Å². The molecule has 54 valence electrons. The summed E-state index contributed by atoms with van der Waals surface area (Å²) in [6.07, 6.45) is 2.73. The Kier molecular flexibility index (Phi) is 1.43. The van der Waals surface area contributed by atoms with Crippen molar-refractivity contribution >= 4 is 0 Å². The van der Waals surface area contributed by atoms with Crippen LogP contribution in [0.5, 0.6) is 0 Å². The van der Waals surface area contributed by atoms with Gasteiger partial charge in [-0.05, 0) is 19.0 Å². The lowest BCUT2D eigenvalue weighted by molar-refractivity contribution is 0.301. The summed E-state index contributed by atoms with van der Waals surface area (Å²) in [5, 5.41) is 6.85. The maximum Gasteiger partial charge on any atom is 0.137 e. The van der Waals surface area contributed by atoms with Gasteiger partial charge in [0, 0.05) is 12.5 Å². The highest BCUT2D eigenvalue weighted by molar-refractivity contribution is 4.96. The van der Waals surface area contributed by atoms with Gasteiger partial charge in [-0.1, -0.05) is 5.16 Å². The molecule has 0 radical (unpaired) electrons. The molecule has 1 aliphatic heterocycles. The van der Waals surface area contributed by atoms with Gasteiger partial charge in [0.15, 0.2) is 0 Å². The molecule has 1 aliphatic rings. The summed E-state index contributed by atoms with van der Waals surface area (Å²) in [6.45, 7) is 2.25. The zero-order chi connectivity index (χ0) is 6.81. The van der Waals surface area contributed by atoms with Gasteiger partial charge in [0.1, 0.15) is 5.76 Å². The Morgan fingerprint density at radius 3 is 3.10 bits per heavy atom. The molecule has 1 fully saturated rings. The lowest BCUT2D eigenvalue weighted by Gasteiger charge is -2.25. The van der Waals surface area contributed by atoms with Crippen LogP contribution in [0.15, 0.2) is 16.8 Å². The first-order valence-corrected chi connectivity index (χ1v) is 3.55. The van der Waals surface area contributed by atoms with E-state index in [-0.39, 0.29) is 0 Å². The van der Waals surface area contributed by atoms with Crippen molar-refractivity contribution in [1.29, 1.82) is 0 Å². The second-order valence-corrected chi connectivity index (χ2v) is 2.71. The van der Waals surface area contributed by atoms with Gasteiger partial charge in [-0.3, -0.25) is 0 Å². The Balaban J connectivity index is 1.90. The normalized spacial score (nSPS) is 18.8. The van der Waals surface area contributed by atoms with Gasteiger partial charge in [-0.15, -0.1) is 0 Å². The van der Waals surface area contributed by atoms with Crippen molar-refractivity contribution in [2.45, 2.75) is 6.42 Å². The highest BCUT2D eigenvalue weighted by atomic mass is 16.5. The number of nitrogens with zero attached hydrogens (tertiary/aromatic N) is 1. The van der Waals surface area contributed by atoms with Gasteiger partial charge in [-0.2, -0.15) is 0 Å². The standard InChI is InChI=1S/C7H10N2O/c1-2-9-10-7(1)3-6-4-8-5-6/h1-2,6,8H,3-5H2. The van der Waals surface area contributed by atoms with E-state index >= 15 is 0 Å². The van der Waals surface area contributed by atoms with E-state index in [9.17, 15) is 0 Å². The third kappa shape index (κ3) is 1.04. The first-order valence-electron chi connectivity index (χ1n) is 3.55. The predicted octanol–water partition coefficient (Wildman–Crippen LogP) is 0.436.